The molecule has 0 bridgehead atoms. The monoisotopic (exact) mass is 412 g/mol. The Morgan fingerprint density at radius 1 is 1.10 bits per heavy atom. The van der Waals surface area contributed by atoms with E-state index in [0.717, 1.165) is 22.5 Å². The van der Waals surface area contributed by atoms with Crippen LogP contribution in [0.2, 0.25) is 0 Å². The first kappa shape index (κ1) is 20.3. The molecule has 2 aromatic carbocycles. The van der Waals surface area contributed by atoms with Crippen molar-refractivity contribution in [2.24, 2.45) is 5.10 Å². The van der Waals surface area contributed by atoms with Crippen LogP contribution in [0.15, 0.2) is 65.8 Å². The minimum Gasteiger partial charge on any atom is -0.272 e. The zero-order chi connectivity index (χ0) is 21.8. The number of hydrazone groups is 1. The Labute approximate surface area is 180 Å². The van der Waals surface area contributed by atoms with E-state index in [2.05, 4.69) is 57.0 Å². The van der Waals surface area contributed by atoms with Gasteiger partial charge in [0.25, 0.3) is 5.91 Å². The number of carbonyl (C=O) groups excluding carboxylic acids is 1. The van der Waals surface area contributed by atoms with Crippen molar-refractivity contribution in [3.05, 3.63) is 94.4 Å². The lowest BCUT2D eigenvalue weighted by molar-refractivity contribution is 0.0950. The van der Waals surface area contributed by atoms with Crippen LogP contribution < -0.4 is 5.43 Å². The Balaban J connectivity index is 1.43. The van der Waals surface area contributed by atoms with Gasteiger partial charge in [-0.3, -0.25) is 14.6 Å². The molecule has 0 saturated heterocycles. The van der Waals surface area contributed by atoms with Crippen molar-refractivity contribution in [1.29, 1.82) is 0 Å². The first-order valence-corrected chi connectivity index (χ1v) is 10.0. The normalized spacial score (nSPS) is 11.2. The number of hydrogen-bond acceptors (Lipinski definition) is 4. The lowest BCUT2D eigenvalue weighted by Gasteiger charge is -2.05. The van der Waals surface area contributed by atoms with Crippen molar-refractivity contribution < 1.29 is 4.79 Å². The number of aromatic amines is 1. The molecule has 0 radical (unpaired) electrons. The molecule has 1 amide bonds. The summed E-state index contributed by atoms with van der Waals surface area (Å²) in [6, 6.07) is 19.8. The summed E-state index contributed by atoms with van der Waals surface area (Å²) < 4.78 is 1.95. The number of rotatable bonds is 6. The molecule has 0 aliphatic heterocycles. The second-order valence-electron chi connectivity index (χ2n) is 7.46. The smallest absolute Gasteiger partial charge is 0.272 e. The predicted molar refractivity (Wildman–Crippen MR) is 121 cm³/mol. The molecule has 2 aromatic heterocycles. The van der Waals surface area contributed by atoms with E-state index in [1.165, 1.54) is 11.1 Å². The Bertz CT molecular complexity index is 1220. The summed E-state index contributed by atoms with van der Waals surface area (Å²) in [6.07, 6.45) is 1.63. The Morgan fingerprint density at radius 2 is 1.84 bits per heavy atom. The van der Waals surface area contributed by atoms with E-state index in [0.29, 0.717) is 17.9 Å². The minimum atomic E-state index is -0.353. The zero-order valence-electron chi connectivity index (χ0n) is 17.8. The highest BCUT2D eigenvalue weighted by Gasteiger charge is 2.12. The number of H-pyrrole nitrogens is 1. The maximum absolute atomic E-state index is 12.4. The van der Waals surface area contributed by atoms with E-state index in [9.17, 15) is 4.79 Å². The van der Waals surface area contributed by atoms with Gasteiger partial charge in [0.2, 0.25) is 0 Å². The average Bonchev–Trinajstić information content (AvgIpc) is 3.37. The van der Waals surface area contributed by atoms with Gasteiger partial charge < -0.3 is 0 Å². The van der Waals surface area contributed by atoms with E-state index in [1.54, 1.807) is 12.3 Å². The summed E-state index contributed by atoms with van der Waals surface area (Å²) >= 11 is 0. The van der Waals surface area contributed by atoms with Crippen LogP contribution in [-0.4, -0.2) is 32.1 Å². The van der Waals surface area contributed by atoms with Gasteiger partial charge in [0, 0.05) is 16.8 Å². The number of nitrogens with zero attached hydrogens (tertiary/aromatic N) is 4. The molecule has 0 aliphatic rings. The Kier molecular flexibility index (Phi) is 5.75. The van der Waals surface area contributed by atoms with Gasteiger partial charge in [-0.05, 0) is 32.4 Å². The van der Waals surface area contributed by atoms with Crippen molar-refractivity contribution in [3.63, 3.8) is 0 Å². The largest absolute Gasteiger partial charge is 0.289 e. The van der Waals surface area contributed by atoms with Crippen molar-refractivity contribution in [2.75, 3.05) is 0 Å². The summed E-state index contributed by atoms with van der Waals surface area (Å²) in [5, 5.41) is 15.7. The third kappa shape index (κ3) is 4.61. The van der Waals surface area contributed by atoms with Gasteiger partial charge in [0.1, 0.15) is 5.69 Å². The van der Waals surface area contributed by atoms with Crippen molar-refractivity contribution >= 4 is 12.1 Å². The summed E-state index contributed by atoms with van der Waals surface area (Å²) in [5.41, 5.74) is 9.70. The molecule has 0 unspecified atom stereocenters. The molecule has 4 rings (SSSR count). The highest BCUT2D eigenvalue weighted by atomic mass is 16.2. The molecule has 31 heavy (non-hydrogen) atoms. The fourth-order valence-electron chi connectivity index (χ4n) is 3.33. The summed E-state index contributed by atoms with van der Waals surface area (Å²) in [5.74, 6) is -0.353. The molecule has 156 valence electrons. The molecule has 0 saturated carbocycles. The van der Waals surface area contributed by atoms with Gasteiger partial charge in [-0.1, -0.05) is 60.2 Å². The number of nitrogens with one attached hydrogen (secondary N) is 2. The third-order valence-electron chi connectivity index (χ3n) is 5.14. The highest BCUT2D eigenvalue weighted by Crippen LogP contribution is 2.17. The molecule has 2 N–H and O–H groups in total. The van der Waals surface area contributed by atoms with E-state index in [-0.39, 0.29) is 5.91 Å². The van der Waals surface area contributed by atoms with Gasteiger partial charge in [0.05, 0.1) is 24.1 Å². The predicted octanol–water partition coefficient (Wildman–Crippen LogP) is 4.01. The van der Waals surface area contributed by atoms with E-state index >= 15 is 0 Å². The zero-order valence-corrected chi connectivity index (χ0v) is 17.8. The van der Waals surface area contributed by atoms with Crippen LogP contribution >= 0.6 is 0 Å². The standard InChI is InChI=1S/C24H24N6O/c1-16-9-11-19(12-10-16)15-30-18(3)21(17(2)29-30)14-25-28-24(31)23-13-22(26-27-23)20-7-5-4-6-8-20/h4-14H,15H2,1-3H3,(H,26,27)(H,28,31). The van der Waals surface area contributed by atoms with Crippen molar-refractivity contribution in [3.8, 4) is 11.3 Å². The molecule has 2 heterocycles. The van der Waals surface area contributed by atoms with Crippen LogP contribution in [0, 0.1) is 20.8 Å². The number of aryl methyl sites for hydroxylation is 2. The van der Waals surface area contributed by atoms with Gasteiger partial charge in [0.15, 0.2) is 0 Å². The first-order chi connectivity index (χ1) is 15.0. The molecule has 0 fully saturated rings. The molecular weight excluding hydrogens is 388 g/mol. The molecule has 4 aromatic rings. The third-order valence-corrected chi connectivity index (χ3v) is 5.14. The average molecular weight is 412 g/mol. The van der Waals surface area contributed by atoms with E-state index < -0.39 is 0 Å². The van der Waals surface area contributed by atoms with Gasteiger partial charge in [-0.25, -0.2) is 5.43 Å². The molecule has 0 spiro atoms. The number of carbonyl (C=O) groups is 1. The van der Waals surface area contributed by atoms with Crippen LogP contribution in [0.1, 0.15) is 38.6 Å². The summed E-state index contributed by atoms with van der Waals surface area (Å²) in [7, 11) is 0. The van der Waals surface area contributed by atoms with Crippen LogP contribution in [-0.2, 0) is 6.54 Å². The quantitative estimate of drug-likeness (QED) is 0.370. The van der Waals surface area contributed by atoms with E-state index in [1.807, 2.05) is 48.9 Å². The number of hydrogen-bond donors (Lipinski definition) is 2. The molecule has 7 nitrogen and oxygen atoms in total. The van der Waals surface area contributed by atoms with Crippen LogP contribution in [0.5, 0.6) is 0 Å². The van der Waals surface area contributed by atoms with Gasteiger partial charge in [-0.2, -0.15) is 15.3 Å². The van der Waals surface area contributed by atoms with Crippen LogP contribution in [0.3, 0.4) is 0 Å². The van der Waals surface area contributed by atoms with Crippen LogP contribution in [0.25, 0.3) is 11.3 Å². The van der Waals surface area contributed by atoms with Gasteiger partial charge >= 0.3 is 0 Å². The van der Waals surface area contributed by atoms with Crippen LogP contribution in [0.4, 0.5) is 0 Å². The SMILES string of the molecule is Cc1ccc(Cn2nc(C)c(C=NNC(=O)c3cc(-c4ccccc4)n[nH]3)c2C)cc1. The first-order valence-electron chi connectivity index (χ1n) is 10.0. The lowest BCUT2D eigenvalue weighted by atomic mass is 10.1. The fourth-order valence-corrected chi connectivity index (χ4v) is 3.33. The van der Waals surface area contributed by atoms with E-state index in [4.69, 9.17) is 0 Å². The molecular formula is C24H24N6O. The minimum absolute atomic E-state index is 0.347. The lowest BCUT2D eigenvalue weighted by Crippen LogP contribution is -2.18. The molecule has 0 atom stereocenters. The van der Waals surface area contributed by atoms with Crippen molar-refractivity contribution in [2.45, 2.75) is 27.3 Å². The summed E-state index contributed by atoms with van der Waals surface area (Å²) in [4.78, 5) is 12.4. The second-order valence-corrected chi connectivity index (χ2v) is 7.46. The van der Waals surface area contributed by atoms with Gasteiger partial charge in [-0.15, -0.1) is 0 Å². The number of amides is 1. The number of benzene rings is 2. The Morgan fingerprint density at radius 3 is 2.58 bits per heavy atom. The van der Waals surface area contributed by atoms with Crippen molar-refractivity contribution in [1.82, 2.24) is 25.4 Å². The molecule has 7 heteroatoms. The number of aromatic nitrogens is 4. The maximum Gasteiger partial charge on any atom is 0.289 e. The molecule has 0 aliphatic carbocycles. The maximum atomic E-state index is 12.4. The highest BCUT2D eigenvalue weighted by molar-refractivity contribution is 5.94. The summed E-state index contributed by atoms with van der Waals surface area (Å²) in [6.45, 7) is 6.69. The Hall–Kier alpha value is -4.00. The second kappa shape index (κ2) is 8.79. The topological polar surface area (TPSA) is 88.0 Å². The fraction of sp³-hybridized carbons (Fsp3) is 0.167.